The second-order valence-electron chi connectivity index (χ2n) is 7.67. The summed E-state index contributed by atoms with van der Waals surface area (Å²) in [7, 11) is 0. The quantitative estimate of drug-likeness (QED) is 0.266. The summed E-state index contributed by atoms with van der Waals surface area (Å²) in [5.74, 6) is 6.89. The van der Waals surface area contributed by atoms with Crippen LogP contribution in [0.15, 0.2) is 66.3 Å². The van der Waals surface area contributed by atoms with Crippen molar-refractivity contribution in [2.75, 3.05) is 23.4 Å². The van der Waals surface area contributed by atoms with E-state index in [4.69, 9.17) is 17.4 Å². The molecule has 0 saturated heterocycles. The van der Waals surface area contributed by atoms with E-state index in [0.717, 1.165) is 12.1 Å². The summed E-state index contributed by atoms with van der Waals surface area (Å²) in [5, 5.41) is 13.0. The van der Waals surface area contributed by atoms with Gasteiger partial charge in [-0.25, -0.2) is 25.3 Å². The molecule has 13 heteroatoms. The van der Waals surface area contributed by atoms with E-state index in [0.29, 0.717) is 45.8 Å². The first-order valence-electron chi connectivity index (χ1n) is 10.7. The second kappa shape index (κ2) is 10.3. The molecule has 0 aliphatic carbocycles. The minimum Gasteiger partial charge on any atom is -0.308 e. The van der Waals surface area contributed by atoms with E-state index in [1.165, 1.54) is 18.1 Å². The SMILES string of the molecule is NN(CCC1CN=C(NC(=O)Nc2cccc(Cl)c2)S1)c1ncnc2cn(-c3ccncc3)nc12. The average molecular weight is 509 g/mol. The number of pyridine rings is 1. The van der Waals surface area contributed by atoms with Gasteiger partial charge in [-0.3, -0.25) is 20.3 Å². The van der Waals surface area contributed by atoms with Gasteiger partial charge in [-0.2, -0.15) is 5.10 Å². The van der Waals surface area contributed by atoms with E-state index in [2.05, 4.69) is 35.7 Å². The molecule has 3 aromatic heterocycles. The Kier molecular flexibility index (Phi) is 6.75. The number of urea groups is 1. The Bertz CT molecular complexity index is 1380. The van der Waals surface area contributed by atoms with Crippen LogP contribution in [-0.2, 0) is 0 Å². The van der Waals surface area contributed by atoms with E-state index >= 15 is 0 Å². The number of aromatic nitrogens is 5. The molecule has 4 aromatic rings. The zero-order valence-electron chi connectivity index (χ0n) is 18.4. The molecule has 1 atom stereocenters. The summed E-state index contributed by atoms with van der Waals surface area (Å²) in [4.78, 5) is 29.4. The molecule has 11 nitrogen and oxygen atoms in total. The summed E-state index contributed by atoms with van der Waals surface area (Å²) in [6.45, 7) is 1.12. The van der Waals surface area contributed by atoms with E-state index in [1.54, 1.807) is 46.3 Å². The molecule has 35 heavy (non-hydrogen) atoms. The van der Waals surface area contributed by atoms with Crippen LogP contribution in [0, 0.1) is 0 Å². The van der Waals surface area contributed by atoms with Crippen molar-refractivity contribution in [2.45, 2.75) is 11.7 Å². The number of fused-ring (bicyclic) bond motifs is 1. The molecule has 0 fully saturated rings. The van der Waals surface area contributed by atoms with Gasteiger partial charge in [-0.15, -0.1) is 0 Å². The molecule has 2 amide bonds. The fraction of sp³-hybridized carbons (Fsp3) is 0.182. The van der Waals surface area contributed by atoms with Crippen molar-refractivity contribution in [1.82, 2.24) is 30.0 Å². The van der Waals surface area contributed by atoms with Crippen LogP contribution in [0.5, 0.6) is 0 Å². The second-order valence-corrected chi connectivity index (χ2v) is 9.39. The number of halogens is 1. The van der Waals surface area contributed by atoms with E-state index in [1.807, 2.05) is 18.3 Å². The number of hydrogen-bond acceptors (Lipinski definition) is 9. The first-order chi connectivity index (χ1) is 17.0. The third-order valence-corrected chi connectivity index (χ3v) is 6.60. The smallest absolute Gasteiger partial charge is 0.308 e. The van der Waals surface area contributed by atoms with Gasteiger partial charge in [0.05, 0.1) is 18.4 Å². The monoisotopic (exact) mass is 508 g/mol. The van der Waals surface area contributed by atoms with E-state index < -0.39 is 0 Å². The van der Waals surface area contributed by atoms with Crippen molar-refractivity contribution in [3.8, 4) is 5.69 Å². The molecule has 1 aliphatic heterocycles. The van der Waals surface area contributed by atoms with Gasteiger partial charge in [0.2, 0.25) is 0 Å². The van der Waals surface area contributed by atoms with Crippen LogP contribution in [0.4, 0.5) is 16.3 Å². The summed E-state index contributed by atoms with van der Waals surface area (Å²) in [6.07, 6.45) is 7.45. The number of amides is 2. The molecule has 0 saturated carbocycles. The number of carbonyl (C=O) groups excluding carboxylic acids is 1. The van der Waals surface area contributed by atoms with Gasteiger partial charge in [-0.05, 0) is 36.8 Å². The van der Waals surface area contributed by atoms with E-state index in [-0.39, 0.29) is 11.3 Å². The minimum absolute atomic E-state index is 0.175. The fourth-order valence-electron chi connectivity index (χ4n) is 3.52. The van der Waals surface area contributed by atoms with E-state index in [9.17, 15) is 4.79 Å². The van der Waals surface area contributed by atoms with Crippen molar-refractivity contribution >= 4 is 57.1 Å². The Hall–Kier alpha value is -3.74. The highest BCUT2D eigenvalue weighted by Gasteiger charge is 2.23. The van der Waals surface area contributed by atoms with Gasteiger partial charge in [-0.1, -0.05) is 29.4 Å². The van der Waals surface area contributed by atoms with Crippen LogP contribution in [-0.4, -0.2) is 54.3 Å². The molecule has 5 rings (SSSR count). The molecule has 1 aliphatic rings. The third kappa shape index (κ3) is 5.50. The molecular formula is C22H21ClN10OS. The van der Waals surface area contributed by atoms with Gasteiger partial charge in [0, 0.05) is 34.9 Å². The zero-order chi connectivity index (χ0) is 24.2. The molecule has 0 bridgehead atoms. The van der Waals surface area contributed by atoms with Gasteiger partial charge < -0.3 is 5.32 Å². The molecule has 178 valence electrons. The normalized spacial score (nSPS) is 15.1. The van der Waals surface area contributed by atoms with Gasteiger partial charge in [0.25, 0.3) is 0 Å². The number of aliphatic imine (C=N–C) groups is 1. The standard InChI is InChI=1S/C22H21ClN10OS/c23-14-2-1-3-15(10-14)29-21(34)30-22-26-11-17(35-22)6-9-32(24)20-19-18(27-13-28-20)12-33(31-19)16-4-7-25-8-5-16/h1-5,7-8,10,12-13,17H,6,9,11,24H2,(H2,26,29,30,34). The number of benzene rings is 1. The van der Waals surface area contributed by atoms with Crippen LogP contribution in [0.25, 0.3) is 16.7 Å². The molecule has 0 radical (unpaired) electrons. The number of amidine groups is 1. The Morgan fingerprint density at radius 2 is 2.09 bits per heavy atom. The van der Waals surface area contributed by atoms with Crippen molar-refractivity contribution in [1.29, 1.82) is 0 Å². The average Bonchev–Trinajstić information content (AvgIpc) is 3.49. The number of nitrogens with zero attached hydrogens (tertiary/aromatic N) is 7. The number of hydrogen-bond donors (Lipinski definition) is 3. The summed E-state index contributed by atoms with van der Waals surface area (Å²) in [5.41, 5.74) is 2.78. The zero-order valence-corrected chi connectivity index (χ0v) is 19.9. The van der Waals surface area contributed by atoms with Crippen molar-refractivity contribution < 1.29 is 4.79 Å². The number of thioether (sulfide) groups is 1. The number of rotatable bonds is 6. The van der Waals surface area contributed by atoms with Crippen molar-refractivity contribution in [3.63, 3.8) is 0 Å². The lowest BCUT2D eigenvalue weighted by atomic mass is 10.3. The summed E-state index contributed by atoms with van der Waals surface area (Å²) >= 11 is 7.46. The lowest BCUT2D eigenvalue weighted by Crippen LogP contribution is -2.35. The Morgan fingerprint density at radius 1 is 1.23 bits per heavy atom. The topological polar surface area (TPSA) is 139 Å². The Morgan fingerprint density at radius 3 is 2.91 bits per heavy atom. The maximum atomic E-state index is 12.3. The summed E-state index contributed by atoms with van der Waals surface area (Å²) < 4.78 is 1.73. The van der Waals surface area contributed by atoms with Crippen molar-refractivity contribution in [3.05, 3.63) is 66.3 Å². The third-order valence-electron chi connectivity index (χ3n) is 5.19. The first kappa shape index (κ1) is 23.0. The van der Waals surface area contributed by atoms with Crippen molar-refractivity contribution in [2.24, 2.45) is 10.8 Å². The predicted molar refractivity (Wildman–Crippen MR) is 138 cm³/mol. The number of carbonyl (C=O) groups is 1. The van der Waals surface area contributed by atoms with Crippen LogP contribution in [0.3, 0.4) is 0 Å². The molecular weight excluding hydrogens is 488 g/mol. The lowest BCUT2D eigenvalue weighted by Gasteiger charge is -2.19. The van der Waals surface area contributed by atoms with Crippen LogP contribution >= 0.6 is 23.4 Å². The number of anilines is 2. The highest BCUT2D eigenvalue weighted by atomic mass is 35.5. The van der Waals surface area contributed by atoms with Crippen LogP contribution < -0.4 is 21.5 Å². The van der Waals surface area contributed by atoms with Crippen LogP contribution in [0.2, 0.25) is 5.02 Å². The Balaban J connectivity index is 1.16. The molecule has 4 N–H and O–H groups in total. The maximum Gasteiger partial charge on any atom is 0.325 e. The number of hydrazine groups is 1. The summed E-state index contributed by atoms with van der Waals surface area (Å²) in [6, 6.07) is 10.3. The molecule has 4 heterocycles. The largest absolute Gasteiger partial charge is 0.325 e. The highest BCUT2D eigenvalue weighted by Crippen LogP contribution is 2.25. The lowest BCUT2D eigenvalue weighted by molar-refractivity contribution is 0.256. The molecule has 0 spiro atoms. The highest BCUT2D eigenvalue weighted by molar-refractivity contribution is 8.14. The number of nitrogens with one attached hydrogen (secondary N) is 2. The minimum atomic E-state index is -0.368. The van der Waals surface area contributed by atoms with Gasteiger partial charge in [0.15, 0.2) is 16.5 Å². The first-order valence-corrected chi connectivity index (χ1v) is 12.0. The number of nitrogens with two attached hydrogens (primary N) is 1. The fourth-order valence-corrected chi connectivity index (χ4v) is 4.69. The molecule has 1 aromatic carbocycles. The Labute approximate surface area is 209 Å². The van der Waals surface area contributed by atoms with Crippen LogP contribution in [0.1, 0.15) is 6.42 Å². The van der Waals surface area contributed by atoms with Gasteiger partial charge in [0.1, 0.15) is 11.8 Å². The van der Waals surface area contributed by atoms with Gasteiger partial charge >= 0.3 is 6.03 Å². The predicted octanol–water partition coefficient (Wildman–Crippen LogP) is 3.23. The molecule has 1 unspecified atom stereocenters. The maximum absolute atomic E-state index is 12.3.